The summed E-state index contributed by atoms with van der Waals surface area (Å²) in [4.78, 5) is 5.96. The largest absolute Gasteiger partial charge is 0.401 e. The van der Waals surface area contributed by atoms with Crippen LogP contribution in [0.5, 0.6) is 0 Å². The van der Waals surface area contributed by atoms with Gasteiger partial charge in [-0.1, -0.05) is 0 Å². The molecule has 2 heterocycles. The van der Waals surface area contributed by atoms with E-state index in [4.69, 9.17) is 0 Å². The summed E-state index contributed by atoms with van der Waals surface area (Å²) in [6, 6.07) is -0.00346. The summed E-state index contributed by atoms with van der Waals surface area (Å²) in [5, 5.41) is 13.3. The van der Waals surface area contributed by atoms with Gasteiger partial charge in [0.15, 0.2) is 5.96 Å². The lowest BCUT2D eigenvalue weighted by Crippen LogP contribution is -2.45. The summed E-state index contributed by atoms with van der Waals surface area (Å²) >= 11 is 0. The monoisotopic (exact) mass is 488 g/mol. The Bertz CT molecular complexity index is 560. The Morgan fingerprint density at radius 1 is 1.46 bits per heavy atom. The van der Waals surface area contributed by atoms with E-state index in [1.165, 1.54) is 10.5 Å². The van der Waals surface area contributed by atoms with Crippen LogP contribution in [-0.2, 0) is 6.42 Å². The number of likely N-dealkylation sites (tertiary alicyclic amines) is 1. The quantitative estimate of drug-likeness (QED) is 0.239. The number of H-pyrrole nitrogens is 1. The molecule has 1 atom stereocenters. The molecule has 2 rings (SSSR count). The molecule has 0 radical (unpaired) electrons. The van der Waals surface area contributed by atoms with Gasteiger partial charge in [-0.15, -0.1) is 24.0 Å². The van der Waals surface area contributed by atoms with Crippen molar-refractivity contribution in [3.05, 3.63) is 17.5 Å². The number of hydrogen-bond donors (Lipinski definition) is 3. The predicted molar refractivity (Wildman–Crippen MR) is 107 cm³/mol. The Balaban J connectivity index is 0.00000338. The molecule has 1 aromatic heterocycles. The number of nitrogens with zero attached hydrogens (tertiary/aromatic N) is 3. The van der Waals surface area contributed by atoms with Crippen LogP contribution in [0.4, 0.5) is 13.2 Å². The highest BCUT2D eigenvalue weighted by molar-refractivity contribution is 14.0. The lowest BCUT2D eigenvalue weighted by Gasteiger charge is -2.19. The number of aliphatic imine (C=N–C) groups is 1. The predicted octanol–water partition coefficient (Wildman–Crippen LogP) is 2.46. The van der Waals surface area contributed by atoms with Crippen LogP contribution in [0.2, 0.25) is 0 Å². The fourth-order valence-electron chi connectivity index (χ4n) is 2.95. The Labute approximate surface area is 169 Å². The number of guanidine groups is 1. The maximum atomic E-state index is 12.5. The van der Waals surface area contributed by atoms with Crippen molar-refractivity contribution in [3.63, 3.8) is 0 Å². The zero-order valence-corrected chi connectivity index (χ0v) is 17.5. The van der Waals surface area contributed by atoms with Gasteiger partial charge in [0.05, 0.1) is 12.7 Å². The van der Waals surface area contributed by atoms with Crippen LogP contribution in [0.15, 0.2) is 11.2 Å². The van der Waals surface area contributed by atoms with E-state index < -0.39 is 12.7 Å². The normalized spacial score (nSPS) is 18.7. The number of hydrogen-bond acceptors (Lipinski definition) is 3. The highest BCUT2D eigenvalue weighted by atomic mass is 127. The Hall–Kier alpha value is -1.04. The van der Waals surface area contributed by atoms with Crippen LogP contribution in [0.25, 0.3) is 0 Å². The zero-order chi connectivity index (χ0) is 18.3. The van der Waals surface area contributed by atoms with Crippen molar-refractivity contribution in [1.29, 1.82) is 0 Å². The van der Waals surface area contributed by atoms with Gasteiger partial charge >= 0.3 is 6.18 Å². The first-order valence-corrected chi connectivity index (χ1v) is 8.70. The molecular formula is C16H28F3IN6. The van der Waals surface area contributed by atoms with E-state index in [1.807, 2.05) is 20.0 Å². The summed E-state index contributed by atoms with van der Waals surface area (Å²) in [7, 11) is 0. The molecule has 10 heteroatoms. The van der Waals surface area contributed by atoms with E-state index in [0.29, 0.717) is 38.6 Å². The van der Waals surface area contributed by atoms with Crippen LogP contribution in [0, 0.1) is 6.92 Å². The Morgan fingerprint density at radius 2 is 2.23 bits per heavy atom. The van der Waals surface area contributed by atoms with Crippen molar-refractivity contribution in [2.24, 2.45) is 4.99 Å². The third-order valence-electron chi connectivity index (χ3n) is 4.17. The number of nitrogens with one attached hydrogen (secondary N) is 3. The molecule has 0 aromatic carbocycles. The average Bonchev–Trinajstić information content (AvgIpc) is 3.11. The van der Waals surface area contributed by atoms with Gasteiger partial charge in [0, 0.05) is 37.9 Å². The first-order chi connectivity index (χ1) is 11.9. The number of aromatic nitrogens is 2. The molecule has 1 aromatic rings. The van der Waals surface area contributed by atoms with E-state index in [1.54, 1.807) is 0 Å². The minimum absolute atomic E-state index is 0. The summed E-state index contributed by atoms with van der Waals surface area (Å²) in [6.45, 7) is 5.32. The van der Waals surface area contributed by atoms with Crippen LogP contribution in [-0.4, -0.2) is 66.0 Å². The molecule has 0 saturated carbocycles. The molecule has 3 N–H and O–H groups in total. The molecule has 6 nitrogen and oxygen atoms in total. The maximum Gasteiger partial charge on any atom is 0.401 e. The second kappa shape index (κ2) is 11.0. The molecule has 0 amide bonds. The van der Waals surface area contributed by atoms with E-state index in [9.17, 15) is 13.2 Å². The van der Waals surface area contributed by atoms with Crippen LogP contribution >= 0.6 is 24.0 Å². The van der Waals surface area contributed by atoms with Crippen molar-refractivity contribution in [2.75, 3.05) is 32.7 Å². The third-order valence-corrected chi connectivity index (χ3v) is 4.17. The van der Waals surface area contributed by atoms with E-state index in [2.05, 4.69) is 25.8 Å². The summed E-state index contributed by atoms with van der Waals surface area (Å²) in [6.07, 6.45) is 0.166. The topological polar surface area (TPSA) is 68.3 Å². The lowest BCUT2D eigenvalue weighted by molar-refractivity contribution is -0.143. The van der Waals surface area contributed by atoms with Crippen LogP contribution < -0.4 is 10.6 Å². The van der Waals surface area contributed by atoms with Gasteiger partial charge in [-0.05, 0) is 38.7 Å². The van der Waals surface area contributed by atoms with Gasteiger partial charge in [-0.2, -0.15) is 18.3 Å². The second-order valence-electron chi connectivity index (χ2n) is 6.36. The molecule has 1 saturated heterocycles. The third kappa shape index (κ3) is 8.11. The number of halogens is 4. The Kier molecular flexibility index (Phi) is 9.69. The molecule has 1 unspecified atom stereocenters. The van der Waals surface area contributed by atoms with E-state index in [-0.39, 0.29) is 30.0 Å². The smallest absolute Gasteiger partial charge is 0.357 e. The summed E-state index contributed by atoms with van der Waals surface area (Å²) in [5.74, 6) is 0.672. The number of aryl methyl sites for hydroxylation is 2. The maximum absolute atomic E-state index is 12.5. The van der Waals surface area contributed by atoms with Gasteiger partial charge < -0.3 is 10.6 Å². The lowest BCUT2D eigenvalue weighted by atomic mass is 10.1. The zero-order valence-electron chi connectivity index (χ0n) is 15.2. The van der Waals surface area contributed by atoms with Crippen molar-refractivity contribution in [2.45, 2.75) is 45.3 Å². The van der Waals surface area contributed by atoms with Crippen LogP contribution in [0.3, 0.4) is 0 Å². The molecule has 0 spiro atoms. The fourth-order valence-corrected chi connectivity index (χ4v) is 2.95. The molecule has 1 aliphatic heterocycles. The van der Waals surface area contributed by atoms with E-state index in [0.717, 1.165) is 18.5 Å². The standard InChI is InChI=1S/C16H27F3N6.HI/c1-3-20-15(21-7-4-5-13-9-22-24-12(13)2)23-14-6-8-25(10-14)11-16(17,18)19;/h9,14H,3-8,10-11H2,1-2H3,(H,22,24)(H2,20,21,23);1H. The highest BCUT2D eigenvalue weighted by Crippen LogP contribution is 2.19. The molecule has 1 fully saturated rings. The summed E-state index contributed by atoms with van der Waals surface area (Å²) < 4.78 is 37.4. The van der Waals surface area contributed by atoms with Crippen molar-refractivity contribution >= 4 is 29.9 Å². The first kappa shape index (κ1) is 23.0. The second-order valence-corrected chi connectivity index (χ2v) is 6.36. The van der Waals surface area contributed by atoms with Crippen molar-refractivity contribution in [3.8, 4) is 0 Å². The SMILES string of the molecule is CCNC(=NCCCc1cn[nH]c1C)NC1CCN(CC(F)(F)F)C1.I. The number of rotatable bonds is 7. The van der Waals surface area contributed by atoms with Gasteiger partial charge in [0.1, 0.15) is 0 Å². The highest BCUT2D eigenvalue weighted by Gasteiger charge is 2.34. The summed E-state index contributed by atoms with van der Waals surface area (Å²) in [5.41, 5.74) is 2.26. The minimum Gasteiger partial charge on any atom is -0.357 e. The molecule has 150 valence electrons. The van der Waals surface area contributed by atoms with Gasteiger partial charge in [-0.3, -0.25) is 15.0 Å². The first-order valence-electron chi connectivity index (χ1n) is 8.70. The Morgan fingerprint density at radius 3 is 2.85 bits per heavy atom. The van der Waals surface area contributed by atoms with Gasteiger partial charge in [0.25, 0.3) is 0 Å². The molecule has 0 bridgehead atoms. The average molecular weight is 488 g/mol. The fraction of sp³-hybridized carbons (Fsp3) is 0.750. The van der Waals surface area contributed by atoms with Gasteiger partial charge in [-0.25, -0.2) is 0 Å². The molecule has 26 heavy (non-hydrogen) atoms. The molecule has 1 aliphatic rings. The van der Waals surface area contributed by atoms with Crippen molar-refractivity contribution in [1.82, 2.24) is 25.7 Å². The minimum atomic E-state index is -4.14. The molecule has 0 aliphatic carbocycles. The van der Waals surface area contributed by atoms with Gasteiger partial charge in [0.2, 0.25) is 0 Å². The van der Waals surface area contributed by atoms with Crippen LogP contribution in [0.1, 0.15) is 31.0 Å². The number of alkyl halides is 3. The van der Waals surface area contributed by atoms with E-state index >= 15 is 0 Å². The molecular weight excluding hydrogens is 460 g/mol. The number of aromatic amines is 1. The van der Waals surface area contributed by atoms with Crippen molar-refractivity contribution < 1.29 is 13.2 Å².